The Kier molecular flexibility index (Phi) is 5.21. The molecule has 2 aromatic rings. The number of morpholine rings is 1. The smallest absolute Gasteiger partial charge is 0.132 e. The second-order valence-corrected chi connectivity index (χ2v) is 5.64. The van der Waals surface area contributed by atoms with Gasteiger partial charge in [0.15, 0.2) is 0 Å². The molecule has 0 spiro atoms. The van der Waals surface area contributed by atoms with Crippen molar-refractivity contribution in [1.82, 2.24) is 9.88 Å². The Labute approximate surface area is 130 Å². The van der Waals surface area contributed by atoms with E-state index in [1.807, 2.05) is 30.6 Å². The molecular weight excluding hydrogens is 280 g/mol. The van der Waals surface area contributed by atoms with E-state index in [1.54, 1.807) is 12.3 Å². The lowest BCUT2D eigenvalue weighted by Gasteiger charge is -2.36. The van der Waals surface area contributed by atoms with E-state index in [4.69, 9.17) is 9.15 Å². The monoisotopic (exact) mass is 302 g/mol. The van der Waals surface area contributed by atoms with Crippen molar-refractivity contribution in [2.45, 2.75) is 25.0 Å². The Balaban J connectivity index is 1.56. The Bertz CT molecular complexity index is 544. The molecule has 1 N–H and O–H groups in total. The summed E-state index contributed by atoms with van der Waals surface area (Å²) in [4.78, 5) is 6.44. The molecule has 0 radical (unpaired) electrons. The van der Waals surface area contributed by atoms with Crippen LogP contribution < -0.4 is 0 Å². The first kappa shape index (κ1) is 15.2. The first-order valence-electron chi connectivity index (χ1n) is 7.75. The van der Waals surface area contributed by atoms with E-state index >= 15 is 0 Å². The fraction of sp³-hybridized carbons (Fsp3) is 0.471. The van der Waals surface area contributed by atoms with Gasteiger partial charge in [-0.05, 0) is 42.7 Å². The molecular formula is C17H22N2O3. The summed E-state index contributed by atoms with van der Waals surface area (Å²) < 4.78 is 10.9. The second-order valence-electron chi connectivity index (χ2n) is 5.64. The van der Waals surface area contributed by atoms with Crippen LogP contribution >= 0.6 is 0 Å². The summed E-state index contributed by atoms with van der Waals surface area (Å²) in [5, 5.41) is 10.3. The van der Waals surface area contributed by atoms with E-state index in [-0.39, 0.29) is 6.04 Å². The number of hydrogen-bond acceptors (Lipinski definition) is 5. The number of nitrogens with zero attached hydrogens (tertiary/aromatic N) is 2. The third kappa shape index (κ3) is 3.94. The summed E-state index contributed by atoms with van der Waals surface area (Å²) in [5.74, 6) is 0.625. The lowest BCUT2D eigenvalue weighted by atomic mass is 10.0. The predicted octanol–water partition coefficient (Wildman–Crippen LogP) is 2.04. The molecule has 22 heavy (non-hydrogen) atoms. The number of hydrogen-bond donors (Lipinski definition) is 1. The van der Waals surface area contributed by atoms with E-state index in [9.17, 15) is 5.11 Å². The SMILES string of the molecule is O[C@H](C[C@@H]1COCCN1CCc1ccncc1)c1ccco1. The summed E-state index contributed by atoms with van der Waals surface area (Å²) in [6, 6.07) is 7.93. The number of aliphatic hydroxyl groups is 1. The highest BCUT2D eigenvalue weighted by molar-refractivity contribution is 5.10. The van der Waals surface area contributed by atoms with Gasteiger partial charge in [-0.3, -0.25) is 9.88 Å². The lowest BCUT2D eigenvalue weighted by molar-refractivity contribution is -0.0279. The largest absolute Gasteiger partial charge is 0.467 e. The maximum atomic E-state index is 10.3. The molecule has 1 aliphatic heterocycles. The summed E-state index contributed by atoms with van der Waals surface area (Å²) in [5.41, 5.74) is 1.28. The number of aromatic nitrogens is 1. The molecule has 2 aromatic heterocycles. The fourth-order valence-corrected chi connectivity index (χ4v) is 2.88. The van der Waals surface area contributed by atoms with Gasteiger partial charge < -0.3 is 14.3 Å². The van der Waals surface area contributed by atoms with Gasteiger partial charge in [-0.25, -0.2) is 0 Å². The number of ether oxygens (including phenoxy) is 1. The van der Waals surface area contributed by atoms with Crippen molar-refractivity contribution in [2.75, 3.05) is 26.3 Å². The average molecular weight is 302 g/mol. The van der Waals surface area contributed by atoms with Crippen LogP contribution in [0.25, 0.3) is 0 Å². The summed E-state index contributed by atoms with van der Waals surface area (Å²) in [6.07, 6.45) is 6.28. The first-order chi connectivity index (χ1) is 10.8. The van der Waals surface area contributed by atoms with Gasteiger partial charge >= 0.3 is 0 Å². The highest BCUT2D eigenvalue weighted by atomic mass is 16.5. The first-order valence-corrected chi connectivity index (χ1v) is 7.75. The van der Waals surface area contributed by atoms with Gasteiger partial charge in [0.05, 0.1) is 19.5 Å². The van der Waals surface area contributed by atoms with Crippen molar-refractivity contribution >= 4 is 0 Å². The topological polar surface area (TPSA) is 58.7 Å². The van der Waals surface area contributed by atoms with E-state index in [0.29, 0.717) is 18.8 Å². The van der Waals surface area contributed by atoms with Gasteiger partial charge in [-0.1, -0.05) is 0 Å². The van der Waals surface area contributed by atoms with E-state index in [1.165, 1.54) is 5.56 Å². The van der Waals surface area contributed by atoms with Crippen LogP contribution in [0.4, 0.5) is 0 Å². The number of furan rings is 1. The van der Waals surface area contributed by atoms with Gasteiger partial charge in [0.1, 0.15) is 11.9 Å². The summed E-state index contributed by atoms with van der Waals surface area (Å²) in [6.45, 7) is 3.28. The van der Waals surface area contributed by atoms with Crippen molar-refractivity contribution in [2.24, 2.45) is 0 Å². The third-order valence-corrected chi connectivity index (χ3v) is 4.15. The Morgan fingerprint density at radius 3 is 2.95 bits per heavy atom. The Morgan fingerprint density at radius 1 is 1.32 bits per heavy atom. The minimum Gasteiger partial charge on any atom is -0.467 e. The summed E-state index contributed by atoms with van der Waals surface area (Å²) in [7, 11) is 0. The highest BCUT2D eigenvalue weighted by Crippen LogP contribution is 2.23. The molecule has 3 heterocycles. The molecule has 2 atom stereocenters. The van der Waals surface area contributed by atoms with E-state index in [2.05, 4.69) is 9.88 Å². The van der Waals surface area contributed by atoms with Crippen LogP contribution in [-0.2, 0) is 11.2 Å². The second kappa shape index (κ2) is 7.54. The van der Waals surface area contributed by atoms with Crippen LogP contribution in [0, 0.1) is 0 Å². The van der Waals surface area contributed by atoms with Crippen LogP contribution in [0.3, 0.4) is 0 Å². The third-order valence-electron chi connectivity index (χ3n) is 4.15. The maximum absolute atomic E-state index is 10.3. The van der Waals surface area contributed by atoms with Crippen molar-refractivity contribution in [1.29, 1.82) is 0 Å². The van der Waals surface area contributed by atoms with E-state index in [0.717, 1.165) is 26.1 Å². The zero-order chi connectivity index (χ0) is 15.2. The van der Waals surface area contributed by atoms with Crippen LogP contribution in [0.5, 0.6) is 0 Å². The standard InChI is InChI=1S/C17H22N2O3/c20-16(17-2-1-10-22-17)12-15-13-21-11-9-19(15)8-5-14-3-6-18-7-4-14/h1-4,6-7,10,15-16,20H,5,8-9,11-13H2/t15-,16-/m1/s1. The van der Waals surface area contributed by atoms with Crippen LogP contribution in [0.1, 0.15) is 23.8 Å². The van der Waals surface area contributed by atoms with Crippen LogP contribution in [-0.4, -0.2) is 47.3 Å². The Morgan fingerprint density at radius 2 is 2.18 bits per heavy atom. The zero-order valence-electron chi connectivity index (χ0n) is 12.6. The van der Waals surface area contributed by atoms with E-state index < -0.39 is 6.10 Å². The Hall–Kier alpha value is -1.69. The molecule has 0 bridgehead atoms. The molecule has 1 saturated heterocycles. The zero-order valence-corrected chi connectivity index (χ0v) is 12.6. The number of pyridine rings is 1. The van der Waals surface area contributed by atoms with Gasteiger partial charge in [-0.2, -0.15) is 0 Å². The average Bonchev–Trinajstić information content (AvgIpc) is 3.10. The lowest BCUT2D eigenvalue weighted by Crippen LogP contribution is -2.46. The van der Waals surface area contributed by atoms with Gasteiger partial charge in [0.2, 0.25) is 0 Å². The molecule has 0 aliphatic carbocycles. The number of aliphatic hydroxyl groups excluding tert-OH is 1. The highest BCUT2D eigenvalue weighted by Gasteiger charge is 2.26. The van der Waals surface area contributed by atoms with Crippen molar-refractivity contribution in [3.63, 3.8) is 0 Å². The molecule has 5 nitrogen and oxygen atoms in total. The van der Waals surface area contributed by atoms with Crippen molar-refractivity contribution in [3.8, 4) is 0 Å². The quantitative estimate of drug-likeness (QED) is 0.885. The van der Waals surface area contributed by atoms with Gasteiger partial charge in [0, 0.05) is 31.5 Å². The van der Waals surface area contributed by atoms with Crippen LogP contribution in [0.2, 0.25) is 0 Å². The van der Waals surface area contributed by atoms with Crippen molar-refractivity contribution < 1.29 is 14.3 Å². The van der Waals surface area contributed by atoms with Gasteiger partial charge in [0.25, 0.3) is 0 Å². The van der Waals surface area contributed by atoms with Gasteiger partial charge in [-0.15, -0.1) is 0 Å². The maximum Gasteiger partial charge on any atom is 0.132 e. The number of rotatable bonds is 6. The molecule has 3 rings (SSSR count). The van der Waals surface area contributed by atoms with Crippen LogP contribution in [0.15, 0.2) is 47.3 Å². The normalized spacial score (nSPS) is 20.9. The molecule has 0 amide bonds. The predicted molar refractivity (Wildman–Crippen MR) is 82.4 cm³/mol. The minimum absolute atomic E-state index is 0.218. The van der Waals surface area contributed by atoms with Crippen molar-refractivity contribution in [3.05, 3.63) is 54.2 Å². The molecule has 0 aromatic carbocycles. The molecule has 5 heteroatoms. The fourth-order valence-electron chi connectivity index (χ4n) is 2.88. The molecule has 0 saturated carbocycles. The molecule has 118 valence electrons. The molecule has 0 unspecified atom stereocenters. The molecule has 1 aliphatic rings. The minimum atomic E-state index is -0.579. The summed E-state index contributed by atoms with van der Waals surface area (Å²) >= 11 is 0. The molecule has 1 fully saturated rings.